The summed E-state index contributed by atoms with van der Waals surface area (Å²) in [5.41, 5.74) is 10.2. The van der Waals surface area contributed by atoms with Crippen LogP contribution in [0.1, 0.15) is 5.56 Å². The highest BCUT2D eigenvalue weighted by Crippen LogP contribution is 2.41. The van der Waals surface area contributed by atoms with E-state index in [0.717, 1.165) is 30.0 Å². The number of nitrogens with two attached hydrogens (primary N) is 1. The number of rotatable bonds is 2. The average molecular weight is 258 g/mol. The Balaban J connectivity index is 2.17. The Morgan fingerprint density at radius 2 is 2.11 bits per heavy atom. The lowest BCUT2D eigenvalue weighted by Gasteiger charge is -2.15. The summed E-state index contributed by atoms with van der Waals surface area (Å²) in [4.78, 5) is 2.24. The minimum absolute atomic E-state index is 0.648. The number of nitrogen functional groups attached to an aromatic ring is 1. The lowest BCUT2D eigenvalue weighted by molar-refractivity contribution is 0.412. The Morgan fingerprint density at radius 1 is 1.32 bits per heavy atom. The van der Waals surface area contributed by atoms with Crippen molar-refractivity contribution in [2.75, 3.05) is 31.3 Å². The molecule has 1 aliphatic heterocycles. The third kappa shape index (κ3) is 1.73. The number of methoxy groups -OCH3 is 1. The van der Waals surface area contributed by atoms with E-state index < -0.39 is 0 Å². The summed E-state index contributed by atoms with van der Waals surface area (Å²) in [6.45, 7) is 1.03. The Hall–Kier alpha value is -2.17. The first-order valence-electron chi connectivity index (χ1n) is 6.32. The SMILES string of the molecule is COc1c(-c2cc(N)n(C)n2)ccc2c1CCN2C. The van der Waals surface area contributed by atoms with Gasteiger partial charge in [-0.1, -0.05) is 0 Å². The van der Waals surface area contributed by atoms with Crippen LogP contribution in [-0.4, -0.2) is 30.5 Å². The summed E-state index contributed by atoms with van der Waals surface area (Å²) in [7, 11) is 5.65. The summed E-state index contributed by atoms with van der Waals surface area (Å²) in [5, 5.41) is 4.43. The topological polar surface area (TPSA) is 56.3 Å². The Morgan fingerprint density at radius 3 is 2.74 bits per heavy atom. The number of likely N-dealkylation sites (N-methyl/N-ethyl adjacent to an activating group) is 1. The van der Waals surface area contributed by atoms with Gasteiger partial charge < -0.3 is 15.4 Å². The van der Waals surface area contributed by atoms with Crippen molar-refractivity contribution in [3.8, 4) is 17.0 Å². The van der Waals surface area contributed by atoms with Crippen LogP contribution in [0.4, 0.5) is 11.5 Å². The van der Waals surface area contributed by atoms with Crippen molar-refractivity contribution < 1.29 is 4.74 Å². The number of fused-ring (bicyclic) bond motifs is 1. The average Bonchev–Trinajstić information content (AvgIpc) is 2.93. The first-order valence-corrected chi connectivity index (χ1v) is 6.32. The largest absolute Gasteiger partial charge is 0.496 e. The number of aromatic nitrogens is 2. The maximum Gasteiger partial charge on any atom is 0.133 e. The standard InChI is InChI=1S/C14H18N4O/c1-17-7-6-10-12(17)5-4-9(14(10)19-3)11-8-13(15)18(2)16-11/h4-5,8H,6-7,15H2,1-3H3. The van der Waals surface area contributed by atoms with Gasteiger partial charge in [0.1, 0.15) is 11.6 Å². The zero-order chi connectivity index (χ0) is 13.6. The first-order chi connectivity index (χ1) is 9.11. The van der Waals surface area contributed by atoms with Crippen molar-refractivity contribution in [3.63, 3.8) is 0 Å². The second-order valence-electron chi connectivity index (χ2n) is 4.89. The quantitative estimate of drug-likeness (QED) is 0.890. The number of hydrogen-bond acceptors (Lipinski definition) is 4. The first kappa shape index (κ1) is 11.9. The molecule has 0 radical (unpaired) electrons. The van der Waals surface area contributed by atoms with E-state index in [9.17, 15) is 0 Å². The van der Waals surface area contributed by atoms with Crippen LogP contribution in [0.2, 0.25) is 0 Å². The van der Waals surface area contributed by atoms with Crippen LogP contribution in [0.15, 0.2) is 18.2 Å². The van der Waals surface area contributed by atoms with Crippen molar-refractivity contribution in [2.45, 2.75) is 6.42 Å². The number of hydrogen-bond donors (Lipinski definition) is 1. The molecule has 3 rings (SSSR count). The molecular formula is C14H18N4O. The van der Waals surface area contributed by atoms with E-state index in [1.165, 1.54) is 11.3 Å². The van der Waals surface area contributed by atoms with Crippen LogP contribution < -0.4 is 15.4 Å². The predicted octanol–water partition coefficient (Wildman–Crippen LogP) is 1.67. The van der Waals surface area contributed by atoms with Gasteiger partial charge in [-0.05, 0) is 18.6 Å². The number of nitrogens with zero attached hydrogens (tertiary/aromatic N) is 3. The smallest absolute Gasteiger partial charge is 0.133 e. The normalized spacial score (nSPS) is 13.7. The summed E-state index contributed by atoms with van der Waals surface area (Å²) in [6, 6.07) is 6.06. The second-order valence-corrected chi connectivity index (χ2v) is 4.89. The van der Waals surface area contributed by atoms with Gasteiger partial charge in [0.15, 0.2) is 0 Å². The number of aryl methyl sites for hydroxylation is 1. The number of anilines is 2. The molecule has 2 heterocycles. The molecule has 0 amide bonds. The maximum absolute atomic E-state index is 5.86. The fraction of sp³-hybridized carbons (Fsp3) is 0.357. The van der Waals surface area contributed by atoms with E-state index in [1.54, 1.807) is 11.8 Å². The van der Waals surface area contributed by atoms with Crippen LogP contribution >= 0.6 is 0 Å². The van der Waals surface area contributed by atoms with Crippen molar-refractivity contribution in [3.05, 3.63) is 23.8 Å². The van der Waals surface area contributed by atoms with Crippen LogP contribution in [0.25, 0.3) is 11.3 Å². The molecule has 2 N–H and O–H groups in total. The Kier molecular flexibility index (Phi) is 2.62. The molecule has 0 atom stereocenters. The number of benzene rings is 1. The van der Waals surface area contributed by atoms with Gasteiger partial charge in [0.05, 0.1) is 12.8 Å². The van der Waals surface area contributed by atoms with Gasteiger partial charge in [0.25, 0.3) is 0 Å². The van der Waals surface area contributed by atoms with Crippen molar-refractivity contribution >= 4 is 11.5 Å². The monoisotopic (exact) mass is 258 g/mol. The highest BCUT2D eigenvalue weighted by atomic mass is 16.5. The molecule has 5 heteroatoms. The summed E-state index contributed by atoms with van der Waals surface area (Å²) in [6.07, 6.45) is 1.01. The van der Waals surface area contributed by atoms with Crippen LogP contribution in [-0.2, 0) is 13.5 Å². The molecule has 0 saturated heterocycles. The second kappa shape index (κ2) is 4.19. The van der Waals surface area contributed by atoms with Gasteiger partial charge in [0.2, 0.25) is 0 Å². The zero-order valence-electron chi connectivity index (χ0n) is 11.5. The number of ether oxygens (including phenoxy) is 1. The molecule has 0 fully saturated rings. The van der Waals surface area contributed by atoms with Crippen molar-refractivity contribution in [1.82, 2.24) is 9.78 Å². The Labute approximate surface area is 112 Å². The Bertz CT molecular complexity index is 613. The molecule has 0 aliphatic carbocycles. The third-order valence-corrected chi connectivity index (χ3v) is 3.74. The van der Waals surface area contributed by atoms with Gasteiger partial charge in [-0.25, -0.2) is 0 Å². The van der Waals surface area contributed by atoms with E-state index in [2.05, 4.69) is 29.2 Å². The van der Waals surface area contributed by atoms with Gasteiger partial charge in [0, 0.05) is 43.5 Å². The molecule has 19 heavy (non-hydrogen) atoms. The van der Waals surface area contributed by atoms with Crippen LogP contribution in [0, 0.1) is 0 Å². The van der Waals surface area contributed by atoms with E-state index in [1.807, 2.05) is 13.1 Å². The minimum atomic E-state index is 0.648. The van der Waals surface area contributed by atoms with Crippen LogP contribution in [0.5, 0.6) is 5.75 Å². The summed E-state index contributed by atoms with van der Waals surface area (Å²) < 4.78 is 7.30. The lowest BCUT2D eigenvalue weighted by Crippen LogP contribution is -2.12. The highest BCUT2D eigenvalue weighted by Gasteiger charge is 2.23. The van der Waals surface area contributed by atoms with Crippen molar-refractivity contribution in [2.24, 2.45) is 7.05 Å². The minimum Gasteiger partial charge on any atom is -0.496 e. The molecule has 100 valence electrons. The molecule has 2 aromatic rings. The fourth-order valence-electron chi connectivity index (χ4n) is 2.66. The molecule has 0 spiro atoms. The third-order valence-electron chi connectivity index (χ3n) is 3.74. The molecule has 1 aromatic carbocycles. The van der Waals surface area contributed by atoms with E-state index in [-0.39, 0.29) is 0 Å². The van der Waals surface area contributed by atoms with E-state index in [4.69, 9.17) is 10.5 Å². The molecular weight excluding hydrogens is 240 g/mol. The molecule has 1 aliphatic rings. The summed E-state index contributed by atoms with van der Waals surface area (Å²) >= 11 is 0. The van der Waals surface area contributed by atoms with E-state index >= 15 is 0 Å². The molecule has 5 nitrogen and oxygen atoms in total. The predicted molar refractivity (Wildman–Crippen MR) is 76.6 cm³/mol. The van der Waals surface area contributed by atoms with E-state index in [0.29, 0.717) is 5.82 Å². The molecule has 0 unspecified atom stereocenters. The van der Waals surface area contributed by atoms with Gasteiger partial charge >= 0.3 is 0 Å². The molecule has 1 aromatic heterocycles. The lowest BCUT2D eigenvalue weighted by atomic mass is 10.0. The van der Waals surface area contributed by atoms with Crippen LogP contribution in [0.3, 0.4) is 0 Å². The summed E-state index contributed by atoms with van der Waals surface area (Å²) in [5.74, 6) is 1.56. The molecule has 0 bridgehead atoms. The maximum atomic E-state index is 5.86. The fourth-order valence-corrected chi connectivity index (χ4v) is 2.66. The van der Waals surface area contributed by atoms with Crippen molar-refractivity contribution in [1.29, 1.82) is 0 Å². The highest BCUT2D eigenvalue weighted by molar-refractivity contribution is 5.77. The van der Waals surface area contributed by atoms with Gasteiger partial charge in [-0.3, -0.25) is 4.68 Å². The van der Waals surface area contributed by atoms with Gasteiger partial charge in [-0.2, -0.15) is 5.10 Å². The molecule has 0 saturated carbocycles. The van der Waals surface area contributed by atoms with Gasteiger partial charge in [-0.15, -0.1) is 0 Å². The zero-order valence-corrected chi connectivity index (χ0v) is 11.5.